The fourth-order valence-electron chi connectivity index (χ4n) is 4.09. The number of carbonyl (C=O) groups is 1. The van der Waals surface area contributed by atoms with Crippen molar-refractivity contribution in [3.05, 3.63) is 0 Å². The van der Waals surface area contributed by atoms with Crippen molar-refractivity contribution < 1.29 is 52.9 Å². The van der Waals surface area contributed by atoms with Gasteiger partial charge in [0.1, 0.15) is 37.1 Å². The van der Waals surface area contributed by atoms with E-state index >= 15 is 0 Å². The number of esters is 1. The van der Waals surface area contributed by atoms with Gasteiger partial charge in [-0.2, -0.15) is 0 Å². The Labute approximate surface area is 175 Å². The summed E-state index contributed by atoms with van der Waals surface area (Å²) in [5.41, 5.74) is 0. The van der Waals surface area contributed by atoms with Crippen LogP contribution in [0.5, 0.6) is 0 Å². The number of aliphatic hydroxyl groups excluding tert-OH is 2. The molecule has 3 heterocycles. The van der Waals surface area contributed by atoms with Gasteiger partial charge in [-0.25, -0.2) is 0 Å². The quantitative estimate of drug-likeness (QED) is 0.239. The average Bonchev–Trinajstić information content (AvgIpc) is 3.41. The van der Waals surface area contributed by atoms with Gasteiger partial charge in [0, 0.05) is 20.6 Å². The fourth-order valence-corrected chi connectivity index (χ4v) is 4.09. The van der Waals surface area contributed by atoms with Gasteiger partial charge >= 0.3 is 5.97 Å². The maximum atomic E-state index is 12.4. The van der Waals surface area contributed by atoms with Crippen LogP contribution in [0.25, 0.3) is 0 Å². The molecule has 0 unspecified atom stereocenters. The Hall–Kier alpha value is -0.890. The highest BCUT2D eigenvalue weighted by Gasteiger charge is 2.57. The van der Waals surface area contributed by atoms with E-state index in [1.165, 1.54) is 21.3 Å². The average molecular weight is 436 g/mol. The third kappa shape index (κ3) is 5.12. The maximum Gasteiger partial charge on any atom is 0.314 e. The molecule has 0 aromatic carbocycles. The van der Waals surface area contributed by atoms with Crippen LogP contribution in [-0.2, 0) is 42.7 Å². The summed E-state index contributed by atoms with van der Waals surface area (Å²) < 4.78 is 43.4. The summed E-state index contributed by atoms with van der Waals surface area (Å²) in [5, 5.41) is 21.8. The van der Waals surface area contributed by atoms with Gasteiger partial charge in [0.2, 0.25) is 0 Å². The molecule has 0 radical (unpaired) electrons. The van der Waals surface area contributed by atoms with Gasteiger partial charge in [0.15, 0.2) is 12.1 Å². The van der Waals surface area contributed by atoms with E-state index in [2.05, 4.69) is 0 Å². The highest BCUT2D eigenvalue weighted by molar-refractivity contribution is 5.73. The Balaban J connectivity index is 1.72. The number of hydrogen-bond acceptors (Lipinski definition) is 11. The monoisotopic (exact) mass is 436 g/mol. The number of ether oxygens (including phenoxy) is 8. The van der Waals surface area contributed by atoms with Crippen molar-refractivity contribution in [2.24, 2.45) is 5.92 Å². The minimum Gasteiger partial charge on any atom is -0.469 e. The third-order valence-electron chi connectivity index (χ3n) is 5.51. The molecule has 0 amide bonds. The molecule has 0 saturated carbocycles. The van der Waals surface area contributed by atoms with E-state index in [0.29, 0.717) is 6.61 Å². The third-order valence-corrected chi connectivity index (χ3v) is 5.51. The summed E-state index contributed by atoms with van der Waals surface area (Å²) in [6.07, 6.45) is -6.23. The van der Waals surface area contributed by atoms with Crippen molar-refractivity contribution in [2.45, 2.75) is 75.1 Å². The molecule has 0 spiro atoms. The van der Waals surface area contributed by atoms with E-state index in [1.54, 1.807) is 13.8 Å². The second-order valence-corrected chi connectivity index (χ2v) is 8.10. The molecule has 3 saturated heterocycles. The van der Waals surface area contributed by atoms with Gasteiger partial charge in [-0.3, -0.25) is 4.79 Å². The summed E-state index contributed by atoms with van der Waals surface area (Å²) in [7, 11) is 4.12. The predicted molar refractivity (Wildman–Crippen MR) is 98.1 cm³/mol. The SMILES string of the molecule is COCO[C@H]([C@H](O)[C@@H](C(=O)OC)[C@H](O)C[C@H]1O[C@@H](OC)[C@@H]2OC(C)(C)O[C@@H]21)[C@@H]1CO1. The summed E-state index contributed by atoms with van der Waals surface area (Å²) in [5.74, 6) is -2.90. The summed E-state index contributed by atoms with van der Waals surface area (Å²) in [6.45, 7) is 3.83. The zero-order valence-electron chi connectivity index (χ0n) is 17.9. The molecule has 0 aromatic rings. The molecular formula is C19H32O11. The number of fused-ring (bicyclic) bond motifs is 1. The first-order valence-electron chi connectivity index (χ1n) is 9.92. The number of rotatable bonds is 11. The Bertz CT molecular complexity index is 581. The number of hydrogen-bond donors (Lipinski definition) is 2. The van der Waals surface area contributed by atoms with E-state index in [9.17, 15) is 15.0 Å². The van der Waals surface area contributed by atoms with Crippen LogP contribution in [0.15, 0.2) is 0 Å². The molecule has 174 valence electrons. The Morgan fingerprint density at radius 2 is 1.83 bits per heavy atom. The van der Waals surface area contributed by atoms with Crippen molar-refractivity contribution in [3.8, 4) is 0 Å². The highest BCUT2D eigenvalue weighted by Crippen LogP contribution is 2.41. The second-order valence-electron chi connectivity index (χ2n) is 8.10. The van der Waals surface area contributed by atoms with Crippen LogP contribution >= 0.6 is 0 Å². The number of epoxide rings is 1. The predicted octanol–water partition coefficient (Wildman–Crippen LogP) is -0.833. The van der Waals surface area contributed by atoms with Gasteiger partial charge in [0.25, 0.3) is 0 Å². The van der Waals surface area contributed by atoms with Gasteiger partial charge in [0.05, 0.1) is 32.0 Å². The van der Waals surface area contributed by atoms with E-state index < -0.39 is 66.7 Å². The number of aliphatic hydroxyl groups is 2. The lowest BCUT2D eigenvalue weighted by Gasteiger charge is -2.32. The van der Waals surface area contributed by atoms with E-state index in [1.807, 2.05) is 0 Å². The summed E-state index contributed by atoms with van der Waals surface area (Å²) >= 11 is 0. The summed E-state index contributed by atoms with van der Waals surface area (Å²) in [6, 6.07) is 0. The van der Waals surface area contributed by atoms with Crippen molar-refractivity contribution in [3.63, 3.8) is 0 Å². The lowest BCUT2D eigenvalue weighted by atomic mass is 9.87. The van der Waals surface area contributed by atoms with Crippen molar-refractivity contribution >= 4 is 5.97 Å². The van der Waals surface area contributed by atoms with Crippen LogP contribution < -0.4 is 0 Å². The second kappa shape index (κ2) is 9.72. The topological polar surface area (TPSA) is 135 Å². The first-order chi connectivity index (χ1) is 14.2. The first-order valence-corrected chi connectivity index (χ1v) is 9.92. The lowest BCUT2D eigenvalue weighted by molar-refractivity contribution is -0.231. The van der Waals surface area contributed by atoms with Crippen LogP contribution in [-0.4, -0.2) is 106 Å². The van der Waals surface area contributed by atoms with E-state index in [0.717, 1.165) is 0 Å². The van der Waals surface area contributed by atoms with Gasteiger partial charge in [-0.15, -0.1) is 0 Å². The number of carbonyl (C=O) groups excluding carboxylic acids is 1. The smallest absolute Gasteiger partial charge is 0.314 e. The Morgan fingerprint density at radius 1 is 1.17 bits per heavy atom. The molecule has 3 aliphatic heterocycles. The van der Waals surface area contributed by atoms with E-state index in [-0.39, 0.29) is 13.2 Å². The largest absolute Gasteiger partial charge is 0.469 e. The molecule has 11 nitrogen and oxygen atoms in total. The maximum absolute atomic E-state index is 12.4. The molecule has 9 atom stereocenters. The molecule has 0 aromatic heterocycles. The van der Waals surface area contributed by atoms with Gasteiger partial charge in [-0.1, -0.05) is 0 Å². The highest BCUT2D eigenvalue weighted by atomic mass is 16.8. The van der Waals surface area contributed by atoms with Crippen LogP contribution in [0.4, 0.5) is 0 Å². The zero-order chi connectivity index (χ0) is 22.1. The van der Waals surface area contributed by atoms with Gasteiger partial charge in [-0.05, 0) is 13.8 Å². The molecule has 11 heteroatoms. The molecule has 0 aliphatic carbocycles. The fraction of sp³-hybridized carbons (Fsp3) is 0.947. The van der Waals surface area contributed by atoms with Crippen LogP contribution in [0.1, 0.15) is 20.3 Å². The molecule has 3 aliphatic rings. The number of methoxy groups -OCH3 is 3. The standard InChI is InChI=1S/C19H32O11/c1-19(2)29-15-10(28-18(25-5)16(15)30-19)6-9(20)12(17(22)24-4)13(21)14(11-7-26-11)27-8-23-3/h9-16,18,20-21H,6-8H2,1-5H3/t9-,10-,11+,12+,13-,14+,15-,16-,18-/m1/s1. The van der Waals surface area contributed by atoms with Crippen LogP contribution in [0.2, 0.25) is 0 Å². The van der Waals surface area contributed by atoms with Crippen molar-refractivity contribution in [2.75, 3.05) is 34.7 Å². The molecule has 30 heavy (non-hydrogen) atoms. The minimum atomic E-state index is -1.39. The van der Waals surface area contributed by atoms with Crippen molar-refractivity contribution in [1.29, 1.82) is 0 Å². The molecule has 3 rings (SSSR count). The molecule has 3 fully saturated rings. The Morgan fingerprint density at radius 3 is 2.40 bits per heavy atom. The van der Waals surface area contributed by atoms with Crippen molar-refractivity contribution in [1.82, 2.24) is 0 Å². The first kappa shape index (κ1) is 23.8. The van der Waals surface area contributed by atoms with Crippen LogP contribution in [0, 0.1) is 5.92 Å². The lowest BCUT2D eigenvalue weighted by Crippen LogP contribution is -2.49. The molecular weight excluding hydrogens is 404 g/mol. The summed E-state index contributed by atoms with van der Waals surface area (Å²) in [4.78, 5) is 12.4. The molecule has 2 N–H and O–H groups in total. The van der Waals surface area contributed by atoms with Crippen LogP contribution in [0.3, 0.4) is 0 Å². The minimum absolute atomic E-state index is 0.0141. The normalized spacial score (nSPS) is 36.0. The molecule has 0 bridgehead atoms. The zero-order valence-corrected chi connectivity index (χ0v) is 17.9. The Kier molecular flexibility index (Phi) is 7.70. The van der Waals surface area contributed by atoms with E-state index in [4.69, 9.17) is 37.9 Å². The van der Waals surface area contributed by atoms with Gasteiger partial charge < -0.3 is 48.1 Å².